The van der Waals surface area contributed by atoms with Gasteiger partial charge < -0.3 is 4.74 Å². The Labute approximate surface area is 146 Å². The molecule has 3 nitrogen and oxygen atoms in total. The molecule has 0 amide bonds. The molecule has 1 rings (SSSR count). The molecule has 1 unspecified atom stereocenters. The van der Waals surface area contributed by atoms with Gasteiger partial charge in [-0.3, -0.25) is 5.32 Å². The number of benzene rings is 1. The summed E-state index contributed by atoms with van der Waals surface area (Å²) in [6.45, 7) is 14.0. The SMILES string of the molecule is C=C/C(=C\C=C/C)C(NCc1ccc(C)cc1)C(=O)OC(C)(C)C. The van der Waals surface area contributed by atoms with E-state index in [9.17, 15) is 4.79 Å². The van der Waals surface area contributed by atoms with Crippen molar-refractivity contribution < 1.29 is 9.53 Å². The minimum atomic E-state index is -0.556. The molecule has 0 aliphatic heterocycles. The van der Waals surface area contributed by atoms with Gasteiger partial charge >= 0.3 is 5.97 Å². The fraction of sp³-hybridized carbons (Fsp3) is 0.381. The van der Waals surface area contributed by atoms with Gasteiger partial charge in [0.15, 0.2) is 0 Å². The van der Waals surface area contributed by atoms with Crippen molar-refractivity contribution in [2.45, 2.75) is 52.8 Å². The van der Waals surface area contributed by atoms with E-state index < -0.39 is 11.6 Å². The summed E-state index contributed by atoms with van der Waals surface area (Å²) in [4.78, 5) is 12.6. The first-order valence-electron chi connectivity index (χ1n) is 8.24. The number of carbonyl (C=O) groups excluding carboxylic acids is 1. The summed E-state index contributed by atoms with van der Waals surface area (Å²) in [5.74, 6) is -0.301. The number of allylic oxidation sites excluding steroid dienone is 3. The smallest absolute Gasteiger partial charge is 0.328 e. The standard InChI is InChI=1S/C21H29NO2/c1-7-9-10-18(8-2)19(20(23)24-21(4,5)6)22-15-17-13-11-16(3)12-14-17/h7-14,19,22H,2,15H2,1,3-6H3/b9-7-,18-10+. The van der Waals surface area contributed by atoms with Crippen LogP contribution in [0.3, 0.4) is 0 Å². The van der Waals surface area contributed by atoms with Crippen molar-refractivity contribution in [1.82, 2.24) is 5.32 Å². The molecule has 0 aromatic heterocycles. The third-order valence-corrected chi connectivity index (χ3v) is 3.32. The Hall–Kier alpha value is -2.13. The van der Waals surface area contributed by atoms with Gasteiger partial charge in [0.05, 0.1) is 0 Å². The van der Waals surface area contributed by atoms with Crippen LogP contribution in [0.25, 0.3) is 0 Å². The van der Waals surface area contributed by atoms with E-state index in [2.05, 4.69) is 43.1 Å². The van der Waals surface area contributed by atoms with Gasteiger partial charge in [0.1, 0.15) is 11.6 Å². The van der Waals surface area contributed by atoms with E-state index in [4.69, 9.17) is 4.74 Å². The van der Waals surface area contributed by atoms with Gasteiger partial charge in [-0.05, 0) is 45.8 Å². The second kappa shape index (κ2) is 9.24. The van der Waals surface area contributed by atoms with Gasteiger partial charge in [-0.1, -0.05) is 60.7 Å². The molecule has 0 aliphatic carbocycles. The second-order valence-corrected chi connectivity index (χ2v) is 6.73. The average molecular weight is 327 g/mol. The zero-order valence-corrected chi connectivity index (χ0v) is 15.4. The molecule has 0 radical (unpaired) electrons. The summed E-state index contributed by atoms with van der Waals surface area (Å²) in [6, 6.07) is 7.67. The second-order valence-electron chi connectivity index (χ2n) is 6.73. The summed E-state index contributed by atoms with van der Waals surface area (Å²) < 4.78 is 5.56. The monoisotopic (exact) mass is 327 g/mol. The van der Waals surface area contributed by atoms with Gasteiger partial charge in [-0.25, -0.2) is 4.79 Å². The van der Waals surface area contributed by atoms with Crippen molar-refractivity contribution in [3.63, 3.8) is 0 Å². The van der Waals surface area contributed by atoms with E-state index in [0.717, 1.165) is 11.1 Å². The number of ether oxygens (including phenoxy) is 1. The molecule has 1 N–H and O–H groups in total. The normalized spacial score (nSPS) is 13.8. The number of esters is 1. The van der Waals surface area contributed by atoms with Gasteiger partial charge in [-0.2, -0.15) is 0 Å². The predicted octanol–water partition coefficient (Wildman–Crippen LogP) is 4.48. The summed E-state index contributed by atoms with van der Waals surface area (Å²) in [7, 11) is 0. The van der Waals surface area contributed by atoms with E-state index in [1.54, 1.807) is 6.08 Å². The molecular formula is C21H29NO2. The summed E-state index contributed by atoms with van der Waals surface area (Å²) in [5.41, 5.74) is 2.58. The highest BCUT2D eigenvalue weighted by molar-refractivity contribution is 5.81. The first-order valence-corrected chi connectivity index (χ1v) is 8.24. The van der Waals surface area contributed by atoms with E-state index in [0.29, 0.717) is 6.54 Å². The number of rotatable bonds is 7. The van der Waals surface area contributed by atoms with E-state index in [1.807, 2.05) is 45.9 Å². The van der Waals surface area contributed by atoms with Crippen LogP contribution < -0.4 is 5.32 Å². The molecule has 1 aromatic carbocycles. The van der Waals surface area contributed by atoms with Gasteiger partial charge in [-0.15, -0.1) is 0 Å². The Kier molecular flexibility index (Phi) is 7.66. The lowest BCUT2D eigenvalue weighted by atomic mass is 10.0. The number of hydrogen-bond donors (Lipinski definition) is 1. The fourth-order valence-electron chi connectivity index (χ4n) is 2.11. The van der Waals surface area contributed by atoms with Crippen LogP contribution in [0.5, 0.6) is 0 Å². The molecule has 0 saturated heterocycles. The van der Waals surface area contributed by atoms with Crippen molar-refractivity contribution in [1.29, 1.82) is 0 Å². The highest BCUT2D eigenvalue weighted by Gasteiger charge is 2.26. The van der Waals surface area contributed by atoms with Crippen molar-refractivity contribution in [3.8, 4) is 0 Å². The average Bonchev–Trinajstić information content (AvgIpc) is 2.50. The maximum absolute atomic E-state index is 12.6. The molecule has 0 aliphatic rings. The summed E-state index contributed by atoms with van der Waals surface area (Å²) in [5, 5.41) is 3.29. The first kappa shape index (κ1) is 19.9. The van der Waals surface area contributed by atoms with Crippen LogP contribution >= 0.6 is 0 Å². The molecular weight excluding hydrogens is 298 g/mol. The molecule has 130 valence electrons. The zero-order valence-electron chi connectivity index (χ0n) is 15.4. The van der Waals surface area contributed by atoms with Crippen molar-refractivity contribution in [3.05, 3.63) is 71.8 Å². The molecule has 1 atom stereocenters. The molecule has 0 fully saturated rings. The third kappa shape index (κ3) is 6.97. The maximum atomic E-state index is 12.6. The Morgan fingerprint density at radius 2 is 1.92 bits per heavy atom. The lowest BCUT2D eigenvalue weighted by Crippen LogP contribution is -2.42. The predicted molar refractivity (Wildman–Crippen MR) is 101 cm³/mol. The first-order chi connectivity index (χ1) is 11.3. The Bertz CT molecular complexity index is 604. The topological polar surface area (TPSA) is 38.3 Å². The van der Waals surface area contributed by atoms with Gasteiger partial charge in [0.25, 0.3) is 0 Å². The fourth-order valence-corrected chi connectivity index (χ4v) is 2.11. The Morgan fingerprint density at radius 1 is 1.29 bits per heavy atom. The van der Waals surface area contributed by atoms with Gasteiger partial charge in [0.2, 0.25) is 0 Å². The molecule has 3 heteroatoms. The Balaban J connectivity index is 2.96. The van der Waals surface area contributed by atoms with Gasteiger partial charge in [0, 0.05) is 6.54 Å². The minimum absolute atomic E-state index is 0.301. The molecule has 0 saturated carbocycles. The van der Waals surface area contributed by atoms with Crippen LogP contribution in [-0.4, -0.2) is 17.6 Å². The summed E-state index contributed by atoms with van der Waals surface area (Å²) in [6.07, 6.45) is 7.37. The molecule has 1 aromatic rings. The quantitative estimate of drug-likeness (QED) is 0.592. The van der Waals surface area contributed by atoms with Crippen molar-refractivity contribution in [2.24, 2.45) is 0 Å². The zero-order chi connectivity index (χ0) is 18.2. The third-order valence-electron chi connectivity index (χ3n) is 3.32. The Morgan fingerprint density at radius 3 is 2.42 bits per heavy atom. The van der Waals surface area contributed by atoms with E-state index in [-0.39, 0.29) is 5.97 Å². The van der Waals surface area contributed by atoms with Crippen LogP contribution in [0.15, 0.2) is 60.7 Å². The summed E-state index contributed by atoms with van der Waals surface area (Å²) >= 11 is 0. The molecule has 0 spiro atoms. The molecule has 0 heterocycles. The van der Waals surface area contributed by atoms with E-state index in [1.165, 1.54) is 5.56 Å². The van der Waals surface area contributed by atoms with Crippen LogP contribution in [0.1, 0.15) is 38.8 Å². The van der Waals surface area contributed by atoms with Crippen LogP contribution in [-0.2, 0) is 16.1 Å². The lowest BCUT2D eigenvalue weighted by Gasteiger charge is -2.25. The molecule has 24 heavy (non-hydrogen) atoms. The van der Waals surface area contributed by atoms with E-state index >= 15 is 0 Å². The number of nitrogens with one attached hydrogen (secondary N) is 1. The largest absolute Gasteiger partial charge is 0.459 e. The highest BCUT2D eigenvalue weighted by Crippen LogP contribution is 2.14. The molecule has 0 bridgehead atoms. The van der Waals surface area contributed by atoms with Crippen LogP contribution in [0.4, 0.5) is 0 Å². The van der Waals surface area contributed by atoms with Crippen molar-refractivity contribution in [2.75, 3.05) is 0 Å². The van der Waals surface area contributed by atoms with Crippen LogP contribution in [0, 0.1) is 6.92 Å². The number of aryl methyl sites for hydroxylation is 1. The minimum Gasteiger partial charge on any atom is -0.459 e. The maximum Gasteiger partial charge on any atom is 0.328 e. The highest BCUT2D eigenvalue weighted by atomic mass is 16.6. The number of carbonyl (C=O) groups is 1. The number of hydrogen-bond acceptors (Lipinski definition) is 3. The van der Waals surface area contributed by atoms with Crippen molar-refractivity contribution >= 4 is 5.97 Å². The lowest BCUT2D eigenvalue weighted by molar-refractivity contribution is -0.156. The van der Waals surface area contributed by atoms with Crippen LogP contribution in [0.2, 0.25) is 0 Å².